The van der Waals surface area contributed by atoms with Crippen molar-refractivity contribution < 1.29 is 14.6 Å². The van der Waals surface area contributed by atoms with E-state index in [0.29, 0.717) is 12.5 Å². The molecule has 1 fully saturated rings. The van der Waals surface area contributed by atoms with E-state index in [9.17, 15) is 9.90 Å². The molecule has 1 aliphatic rings. The molecule has 0 saturated heterocycles. The molecule has 0 radical (unpaired) electrons. The van der Waals surface area contributed by atoms with E-state index in [2.05, 4.69) is 10.6 Å². The first-order valence-corrected chi connectivity index (χ1v) is 8.83. The average Bonchev–Trinajstić information content (AvgIpc) is 2.65. The number of ether oxygens (including phenoxy) is 1. The SMILES string of the molecule is COc1cccc(CNC(=O)CNC(C)(CO)C2CCCCC2)c1. The monoisotopic (exact) mass is 334 g/mol. The minimum atomic E-state index is -0.381. The Labute approximate surface area is 144 Å². The molecule has 1 amide bonds. The quantitative estimate of drug-likeness (QED) is 0.682. The van der Waals surface area contributed by atoms with Crippen molar-refractivity contribution in [3.05, 3.63) is 29.8 Å². The van der Waals surface area contributed by atoms with E-state index in [-0.39, 0.29) is 24.6 Å². The van der Waals surface area contributed by atoms with E-state index in [1.807, 2.05) is 31.2 Å². The number of aliphatic hydroxyl groups is 1. The van der Waals surface area contributed by atoms with Crippen LogP contribution in [0.25, 0.3) is 0 Å². The fourth-order valence-electron chi connectivity index (χ4n) is 3.40. The third-order valence-electron chi connectivity index (χ3n) is 5.11. The standard InChI is InChI=1S/C19H30N2O3/c1-19(14-22,16-8-4-3-5-9-16)21-13-18(23)20-12-15-7-6-10-17(11-15)24-2/h6-7,10-11,16,21-22H,3-5,8-9,12-14H2,1-2H3,(H,20,23). The topological polar surface area (TPSA) is 70.6 Å². The molecule has 0 spiro atoms. The van der Waals surface area contributed by atoms with E-state index in [1.165, 1.54) is 19.3 Å². The van der Waals surface area contributed by atoms with Crippen LogP contribution in [0.3, 0.4) is 0 Å². The lowest BCUT2D eigenvalue weighted by Crippen LogP contribution is -2.55. The lowest BCUT2D eigenvalue weighted by atomic mass is 9.76. The number of hydrogen-bond donors (Lipinski definition) is 3. The third kappa shape index (κ3) is 5.21. The van der Waals surface area contributed by atoms with Gasteiger partial charge in [-0.1, -0.05) is 31.4 Å². The summed E-state index contributed by atoms with van der Waals surface area (Å²) in [6, 6.07) is 7.65. The highest BCUT2D eigenvalue weighted by molar-refractivity contribution is 5.78. The fourth-order valence-corrected chi connectivity index (χ4v) is 3.40. The van der Waals surface area contributed by atoms with Crippen LogP contribution in [-0.4, -0.2) is 36.8 Å². The average molecular weight is 334 g/mol. The lowest BCUT2D eigenvalue weighted by molar-refractivity contribution is -0.121. The Morgan fingerprint density at radius 1 is 1.33 bits per heavy atom. The van der Waals surface area contributed by atoms with Gasteiger partial charge in [-0.25, -0.2) is 0 Å². The molecule has 5 nitrogen and oxygen atoms in total. The summed E-state index contributed by atoms with van der Waals surface area (Å²) in [6.45, 7) is 2.77. The highest BCUT2D eigenvalue weighted by Gasteiger charge is 2.34. The van der Waals surface area contributed by atoms with Gasteiger partial charge in [-0.15, -0.1) is 0 Å². The molecule has 0 aromatic heterocycles. The molecule has 1 unspecified atom stereocenters. The molecule has 24 heavy (non-hydrogen) atoms. The van der Waals surface area contributed by atoms with Gasteiger partial charge in [-0.3, -0.25) is 4.79 Å². The Balaban J connectivity index is 1.80. The van der Waals surface area contributed by atoms with E-state index in [4.69, 9.17) is 4.74 Å². The molecule has 2 rings (SSSR count). The van der Waals surface area contributed by atoms with E-state index in [1.54, 1.807) is 7.11 Å². The Bertz CT molecular complexity index is 529. The molecule has 1 aromatic carbocycles. The molecule has 1 aromatic rings. The van der Waals surface area contributed by atoms with Crippen molar-refractivity contribution in [3.63, 3.8) is 0 Å². The number of methoxy groups -OCH3 is 1. The number of nitrogens with one attached hydrogen (secondary N) is 2. The Kier molecular flexibility index (Phi) is 7.06. The normalized spacial score (nSPS) is 18.0. The van der Waals surface area contributed by atoms with Crippen LogP contribution in [0.5, 0.6) is 5.75 Å². The summed E-state index contributed by atoms with van der Waals surface area (Å²) >= 11 is 0. The molecule has 0 aliphatic heterocycles. The van der Waals surface area contributed by atoms with Crippen LogP contribution in [0.15, 0.2) is 24.3 Å². The Morgan fingerprint density at radius 2 is 2.08 bits per heavy atom. The summed E-state index contributed by atoms with van der Waals surface area (Å²) in [5.74, 6) is 1.15. The predicted molar refractivity (Wildman–Crippen MR) is 94.9 cm³/mol. The zero-order valence-corrected chi connectivity index (χ0v) is 14.8. The summed E-state index contributed by atoms with van der Waals surface area (Å²) in [6.07, 6.45) is 5.94. The number of carbonyl (C=O) groups excluding carboxylic acids is 1. The molecule has 3 N–H and O–H groups in total. The van der Waals surface area contributed by atoms with Crippen molar-refractivity contribution in [2.75, 3.05) is 20.3 Å². The number of benzene rings is 1. The Morgan fingerprint density at radius 3 is 2.75 bits per heavy atom. The van der Waals surface area contributed by atoms with Crippen LogP contribution in [-0.2, 0) is 11.3 Å². The molecule has 1 saturated carbocycles. The van der Waals surface area contributed by atoms with Crippen molar-refractivity contribution in [2.24, 2.45) is 5.92 Å². The summed E-state index contributed by atoms with van der Waals surface area (Å²) < 4.78 is 5.18. The van der Waals surface area contributed by atoms with Gasteiger partial charge < -0.3 is 20.5 Å². The number of hydrogen-bond acceptors (Lipinski definition) is 4. The largest absolute Gasteiger partial charge is 0.497 e. The smallest absolute Gasteiger partial charge is 0.234 e. The van der Waals surface area contributed by atoms with Gasteiger partial charge in [-0.05, 0) is 43.4 Å². The highest BCUT2D eigenvalue weighted by Crippen LogP contribution is 2.32. The van der Waals surface area contributed by atoms with Crippen LogP contribution in [0, 0.1) is 5.92 Å². The minimum absolute atomic E-state index is 0.0564. The summed E-state index contributed by atoms with van der Waals surface area (Å²) in [4.78, 5) is 12.1. The zero-order valence-electron chi connectivity index (χ0n) is 14.8. The molecule has 1 atom stereocenters. The molecule has 1 aliphatic carbocycles. The van der Waals surface area contributed by atoms with Crippen LogP contribution in [0.2, 0.25) is 0 Å². The predicted octanol–water partition coefficient (Wildman–Crippen LogP) is 2.23. The van der Waals surface area contributed by atoms with E-state index >= 15 is 0 Å². The van der Waals surface area contributed by atoms with Gasteiger partial charge in [0.05, 0.1) is 20.3 Å². The van der Waals surface area contributed by atoms with E-state index in [0.717, 1.165) is 24.2 Å². The van der Waals surface area contributed by atoms with Crippen molar-refractivity contribution in [3.8, 4) is 5.75 Å². The Hall–Kier alpha value is -1.59. The number of amides is 1. The van der Waals surface area contributed by atoms with Crippen molar-refractivity contribution in [1.82, 2.24) is 10.6 Å². The second-order valence-electron chi connectivity index (χ2n) is 6.89. The van der Waals surface area contributed by atoms with Crippen LogP contribution >= 0.6 is 0 Å². The van der Waals surface area contributed by atoms with Crippen molar-refractivity contribution in [1.29, 1.82) is 0 Å². The first kappa shape index (κ1) is 18.7. The van der Waals surface area contributed by atoms with Crippen LogP contribution in [0.4, 0.5) is 0 Å². The van der Waals surface area contributed by atoms with E-state index < -0.39 is 0 Å². The first-order valence-electron chi connectivity index (χ1n) is 8.83. The second-order valence-corrected chi connectivity index (χ2v) is 6.89. The molecule has 134 valence electrons. The van der Waals surface area contributed by atoms with Crippen LogP contribution in [0.1, 0.15) is 44.6 Å². The van der Waals surface area contributed by atoms with Gasteiger partial charge in [0.25, 0.3) is 0 Å². The van der Waals surface area contributed by atoms with Gasteiger partial charge in [0.15, 0.2) is 0 Å². The highest BCUT2D eigenvalue weighted by atomic mass is 16.5. The summed E-state index contributed by atoms with van der Waals surface area (Å²) in [5, 5.41) is 16.0. The van der Waals surface area contributed by atoms with Gasteiger partial charge in [0.2, 0.25) is 5.91 Å². The van der Waals surface area contributed by atoms with Gasteiger partial charge >= 0.3 is 0 Å². The maximum Gasteiger partial charge on any atom is 0.234 e. The molecule has 0 heterocycles. The van der Waals surface area contributed by atoms with Crippen LogP contribution < -0.4 is 15.4 Å². The maximum atomic E-state index is 12.1. The first-order chi connectivity index (χ1) is 11.6. The number of aliphatic hydroxyl groups excluding tert-OH is 1. The maximum absolute atomic E-state index is 12.1. The lowest BCUT2D eigenvalue weighted by Gasteiger charge is -2.39. The van der Waals surface area contributed by atoms with Gasteiger partial charge in [0, 0.05) is 12.1 Å². The van der Waals surface area contributed by atoms with Gasteiger partial charge in [0.1, 0.15) is 5.75 Å². The fraction of sp³-hybridized carbons (Fsp3) is 0.632. The number of carbonyl (C=O) groups is 1. The zero-order chi connectivity index (χ0) is 17.4. The second kappa shape index (κ2) is 9.04. The molecule has 0 bridgehead atoms. The summed E-state index contributed by atoms with van der Waals surface area (Å²) in [7, 11) is 1.63. The molecule has 5 heteroatoms. The minimum Gasteiger partial charge on any atom is -0.497 e. The van der Waals surface area contributed by atoms with Crippen molar-refractivity contribution in [2.45, 2.75) is 51.1 Å². The van der Waals surface area contributed by atoms with Gasteiger partial charge in [-0.2, -0.15) is 0 Å². The van der Waals surface area contributed by atoms with Crippen molar-refractivity contribution >= 4 is 5.91 Å². The third-order valence-corrected chi connectivity index (χ3v) is 5.11. The number of rotatable bonds is 8. The molecular formula is C19H30N2O3. The molecular weight excluding hydrogens is 304 g/mol. The summed E-state index contributed by atoms with van der Waals surface area (Å²) in [5.41, 5.74) is 0.619.